The molecule has 2 rings (SSSR count). The molecule has 0 fully saturated rings. The minimum absolute atomic E-state index is 0. The van der Waals surface area contributed by atoms with E-state index in [0.717, 1.165) is 17.5 Å². The van der Waals surface area contributed by atoms with Crippen LogP contribution in [-0.4, -0.2) is 34.7 Å². The number of aliphatic imine (C=N–C) groups is 2. The molecule has 3 nitrogen and oxygen atoms in total. The molecule has 0 saturated heterocycles. The van der Waals surface area contributed by atoms with Crippen LogP contribution in [0.15, 0.2) is 22.3 Å². The molecule has 5 heteroatoms. The highest BCUT2D eigenvalue weighted by Crippen LogP contribution is 2.19. The Morgan fingerprint density at radius 3 is 3.08 bits per heavy atom. The molecule has 2 aliphatic rings. The summed E-state index contributed by atoms with van der Waals surface area (Å²) in [5, 5.41) is 1.06. The zero-order valence-corrected chi connectivity index (χ0v) is 9.23. The molecule has 0 radical (unpaired) electrons. The number of hydrogen-bond acceptors (Lipinski definition) is 4. The summed E-state index contributed by atoms with van der Waals surface area (Å²) in [6.45, 7) is 3.06. The SMILES string of the molecule is CSC1=NC=CC2=NCC(C)N21.Cl. The Bertz CT molecular complexity index is 285. The van der Waals surface area contributed by atoms with Gasteiger partial charge in [-0.25, -0.2) is 4.99 Å². The summed E-state index contributed by atoms with van der Waals surface area (Å²) >= 11 is 1.67. The van der Waals surface area contributed by atoms with Crippen molar-refractivity contribution in [1.82, 2.24) is 4.90 Å². The highest BCUT2D eigenvalue weighted by molar-refractivity contribution is 8.13. The van der Waals surface area contributed by atoms with Crippen LogP contribution in [0, 0.1) is 0 Å². The third-order valence-corrected chi connectivity index (χ3v) is 2.67. The highest BCUT2D eigenvalue weighted by Gasteiger charge is 2.27. The summed E-state index contributed by atoms with van der Waals surface area (Å²) < 4.78 is 0. The van der Waals surface area contributed by atoms with Gasteiger partial charge in [-0.15, -0.1) is 12.4 Å². The molecule has 0 aliphatic carbocycles. The average molecular weight is 218 g/mol. The maximum absolute atomic E-state index is 4.40. The Hall–Kier alpha value is -0.480. The first-order valence-corrected chi connectivity index (χ1v) is 5.17. The van der Waals surface area contributed by atoms with Crippen molar-refractivity contribution in [2.75, 3.05) is 12.8 Å². The van der Waals surface area contributed by atoms with E-state index in [1.165, 1.54) is 0 Å². The standard InChI is InChI=1S/C8H11N3S.ClH/c1-6-5-10-7-3-4-9-8(12-2)11(6)7;/h3-4,6H,5H2,1-2H3;1H. The lowest BCUT2D eigenvalue weighted by atomic mass is 10.3. The average Bonchev–Trinajstić information content (AvgIpc) is 2.48. The second kappa shape index (κ2) is 4.15. The molecule has 0 saturated carbocycles. The topological polar surface area (TPSA) is 28.0 Å². The van der Waals surface area contributed by atoms with Crippen molar-refractivity contribution in [2.45, 2.75) is 13.0 Å². The minimum Gasteiger partial charge on any atom is -0.301 e. The molecule has 0 aromatic carbocycles. The number of fused-ring (bicyclic) bond motifs is 1. The molecule has 72 valence electrons. The van der Waals surface area contributed by atoms with Crippen molar-refractivity contribution < 1.29 is 0 Å². The van der Waals surface area contributed by atoms with Gasteiger partial charge in [-0.1, -0.05) is 11.8 Å². The molecular weight excluding hydrogens is 206 g/mol. The predicted molar refractivity (Wildman–Crippen MR) is 60.9 cm³/mol. The van der Waals surface area contributed by atoms with Gasteiger partial charge in [0.25, 0.3) is 0 Å². The van der Waals surface area contributed by atoms with Gasteiger partial charge < -0.3 is 4.90 Å². The maximum atomic E-state index is 4.40. The molecule has 1 atom stereocenters. The Morgan fingerprint density at radius 2 is 2.38 bits per heavy atom. The minimum atomic E-state index is 0. The van der Waals surface area contributed by atoms with Crippen molar-refractivity contribution in [3.05, 3.63) is 12.3 Å². The van der Waals surface area contributed by atoms with E-state index in [1.54, 1.807) is 11.8 Å². The lowest BCUT2D eigenvalue weighted by molar-refractivity contribution is 0.521. The fourth-order valence-electron chi connectivity index (χ4n) is 1.41. The van der Waals surface area contributed by atoms with Gasteiger partial charge in [0, 0.05) is 6.20 Å². The van der Waals surface area contributed by atoms with Gasteiger partial charge in [-0.05, 0) is 19.3 Å². The van der Waals surface area contributed by atoms with Gasteiger partial charge in [0.05, 0.1) is 12.6 Å². The van der Waals surface area contributed by atoms with Crippen molar-refractivity contribution in [1.29, 1.82) is 0 Å². The quantitative estimate of drug-likeness (QED) is 0.619. The molecule has 0 aromatic rings. The van der Waals surface area contributed by atoms with Crippen LogP contribution in [0.3, 0.4) is 0 Å². The number of rotatable bonds is 0. The molecule has 0 amide bonds. The number of hydrogen-bond donors (Lipinski definition) is 0. The Labute approximate surface area is 88.4 Å². The van der Waals surface area contributed by atoms with Gasteiger partial charge >= 0.3 is 0 Å². The molecule has 1 unspecified atom stereocenters. The molecule has 0 spiro atoms. The number of halogens is 1. The first kappa shape index (κ1) is 10.6. The van der Waals surface area contributed by atoms with Crippen LogP contribution < -0.4 is 0 Å². The zero-order valence-electron chi connectivity index (χ0n) is 7.60. The molecule has 13 heavy (non-hydrogen) atoms. The second-order valence-corrected chi connectivity index (χ2v) is 3.62. The summed E-state index contributed by atoms with van der Waals surface area (Å²) in [6.07, 6.45) is 5.82. The van der Waals surface area contributed by atoms with E-state index in [9.17, 15) is 0 Å². The summed E-state index contributed by atoms with van der Waals surface area (Å²) in [7, 11) is 0. The summed E-state index contributed by atoms with van der Waals surface area (Å²) in [6, 6.07) is 0.469. The smallest absolute Gasteiger partial charge is 0.169 e. The predicted octanol–water partition coefficient (Wildman–Crippen LogP) is 1.76. The van der Waals surface area contributed by atoms with Crippen LogP contribution in [0.1, 0.15) is 6.92 Å². The third-order valence-electron chi connectivity index (χ3n) is 2.00. The first-order chi connectivity index (χ1) is 5.83. The maximum Gasteiger partial charge on any atom is 0.169 e. The molecule has 2 aliphatic heterocycles. The van der Waals surface area contributed by atoms with E-state index < -0.39 is 0 Å². The van der Waals surface area contributed by atoms with E-state index in [4.69, 9.17) is 0 Å². The monoisotopic (exact) mass is 217 g/mol. The first-order valence-electron chi connectivity index (χ1n) is 3.95. The zero-order chi connectivity index (χ0) is 8.55. The number of thioether (sulfide) groups is 1. The summed E-state index contributed by atoms with van der Waals surface area (Å²) in [5.41, 5.74) is 0. The van der Waals surface area contributed by atoms with Crippen molar-refractivity contribution in [2.24, 2.45) is 9.98 Å². The van der Waals surface area contributed by atoms with E-state index >= 15 is 0 Å². The third kappa shape index (κ3) is 1.74. The molecular formula is C8H12ClN3S. The van der Waals surface area contributed by atoms with E-state index in [0.29, 0.717) is 6.04 Å². The van der Waals surface area contributed by atoms with E-state index in [1.807, 2.05) is 18.5 Å². The van der Waals surface area contributed by atoms with Crippen LogP contribution in [-0.2, 0) is 0 Å². The molecule has 0 N–H and O–H groups in total. The van der Waals surface area contributed by atoms with Crippen molar-refractivity contribution in [3.63, 3.8) is 0 Å². The Kier molecular flexibility index (Phi) is 3.39. The normalized spacial score (nSPS) is 24.8. The van der Waals surface area contributed by atoms with Crippen LogP contribution in [0.2, 0.25) is 0 Å². The second-order valence-electron chi connectivity index (χ2n) is 2.85. The Morgan fingerprint density at radius 1 is 1.62 bits per heavy atom. The lowest BCUT2D eigenvalue weighted by Crippen LogP contribution is -2.38. The van der Waals surface area contributed by atoms with E-state index in [-0.39, 0.29) is 12.4 Å². The van der Waals surface area contributed by atoms with Crippen LogP contribution in [0.25, 0.3) is 0 Å². The fourth-order valence-corrected chi connectivity index (χ4v) is 2.05. The molecule has 0 bridgehead atoms. The largest absolute Gasteiger partial charge is 0.301 e. The van der Waals surface area contributed by atoms with Gasteiger partial charge in [0.15, 0.2) is 5.17 Å². The van der Waals surface area contributed by atoms with Crippen LogP contribution in [0.4, 0.5) is 0 Å². The molecule has 0 aromatic heterocycles. The number of amidine groups is 2. The highest BCUT2D eigenvalue weighted by atomic mass is 35.5. The van der Waals surface area contributed by atoms with Gasteiger partial charge in [0.2, 0.25) is 0 Å². The number of nitrogens with zero attached hydrogens (tertiary/aromatic N) is 3. The summed E-state index contributed by atoms with van der Waals surface area (Å²) in [5.74, 6) is 1.06. The van der Waals surface area contributed by atoms with E-state index in [2.05, 4.69) is 21.8 Å². The van der Waals surface area contributed by atoms with Crippen molar-refractivity contribution in [3.8, 4) is 0 Å². The Balaban J connectivity index is 0.000000845. The van der Waals surface area contributed by atoms with Crippen LogP contribution >= 0.6 is 24.2 Å². The molecule has 2 heterocycles. The fraction of sp³-hybridized carbons (Fsp3) is 0.500. The lowest BCUT2D eigenvalue weighted by Gasteiger charge is -2.25. The van der Waals surface area contributed by atoms with Gasteiger partial charge in [-0.3, -0.25) is 4.99 Å². The van der Waals surface area contributed by atoms with Crippen LogP contribution in [0.5, 0.6) is 0 Å². The van der Waals surface area contributed by atoms with Gasteiger partial charge in [-0.2, -0.15) is 0 Å². The van der Waals surface area contributed by atoms with Gasteiger partial charge in [0.1, 0.15) is 5.84 Å². The van der Waals surface area contributed by atoms with Crippen molar-refractivity contribution >= 4 is 35.2 Å². The summed E-state index contributed by atoms with van der Waals surface area (Å²) in [4.78, 5) is 10.9.